The fourth-order valence-corrected chi connectivity index (χ4v) is 2.60. The lowest BCUT2D eigenvalue weighted by molar-refractivity contribution is -0.131. The molecule has 23 heavy (non-hydrogen) atoms. The van der Waals surface area contributed by atoms with E-state index in [0.717, 1.165) is 19.4 Å². The number of aryl methyl sites for hydroxylation is 2. The van der Waals surface area contributed by atoms with Gasteiger partial charge in [-0.3, -0.25) is 14.3 Å². The maximum Gasteiger partial charge on any atom is 0.290 e. The largest absolute Gasteiger partial charge is 0.483 e. The average molecular weight is 326 g/mol. The molecule has 0 bridgehead atoms. The smallest absolute Gasteiger partial charge is 0.290 e. The number of aromatic nitrogens is 2. The Morgan fingerprint density at radius 2 is 2.22 bits per heavy atom. The van der Waals surface area contributed by atoms with Crippen molar-refractivity contribution in [2.45, 2.75) is 25.4 Å². The van der Waals surface area contributed by atoms with Crippen LogP contribution in [0.4, 0.5) is 0 Å². The van der Waals surface area contributed by atoms with Crippen molar-refractivity contribution >= 4 is 12.4 Å². The van der Waals surface area contributed by atoms with E-state index in [1.165, 1.54) is 5.56 Å². The molecule has 1 aromatic rings. The lowest BCUT2D eigenvalue weighted by Crippen LogP contribution is -2.48. The van der Waals surface area contributed by atoms with Crippen LogP contribution in [-0.4, -0.2) is 70.1 Å². The molecule has 1 aromatic heterocycles. The zero-order valence-corrected chi connectivity index (χ0v) is 13.7. The number of aliphatic hydroxyl groups is 1. The molecule has 3 N–H and O–H groups in total. The molecule has 0 saturated carbocycles. The predicted octanol–water partition coefficient (Wildman–Crippen LogP) is -0.518. The van der Waals surface area contributed by atoms with Crippen molar-refractivity contribution in [3.05, 3.63) is 18.0 Å². The summed E-state index contributed by atoms with van der Waals surface area (Å²) in [5.74, 6) is -0.331. The molecule has 0 radical (unpaired) electrons. The SMILES string of the molecule is CN1CC[C@H](O)[C@H](C(=O)NCCCc2cnn(C)c2)C1.O=CO. The number of carbonyl (C=O) groups is 2. The highest BCUT2D eigenvalue weighted by Gasteiger charge is 2.31. The number of amides is 1. The normalized spacial score (nSPS) is 21.2. The fraction of sp³-hybridized carbons (Fsp3) is 0.667. The molecule has 1 amide bonds. The van der Waals surface area contributed by atoms with Crippen LogP contribution < -0.4 is 5.32 Å². The minimum absolute atomic E-state index is 0.0322. The minimum atomic E-state index is -0.510. The van der Waals surface area contributed by atoms with Gasteiger partial charge < -0.3 is 20.4 Å². The van der Waals surface area contributed by atoms with Gasteiger partial charge in [0.05, 0.1) is 18.2 Å². The van der Waals surface area contributed by atoms with Crippen LogP contribution in [0.3, 0.4) is 0 Å². The van der Waals surface area contributed by atoms with Crippen molar-refractivity contribution in [1.82, 2.24) is 20.0 Å². The van der Waals surface area contributed by atoms with E-state index in [2.05, 4.69) is 15.3 Å². The van der Waals surface area contributed by atoms with E-state index < -0.39 is 6.10 Å². The molecular formula is C15H26N4O4. The highest BCUT2D eigenvalue weighted by Crippen LogP contribution is 2.16. The van der Waals surface area contributed by atoms with E-state index in [1.54, 1.807) is 4.68 Å². The summed E-state index contributed by atoms with van der Waals surface area (Å²) in [6.45, 7) is 1.88. The Morgan fingerprint density at radius 1 is 1.52 bits per heavy atom. The van der Waals surface area contributed by atoms with E-state index in [4.69, 9.17) is 9.90 Å². The molecule has 2 heterocycles. The zero-order chi connectivity index (χ0) is 17.2. The van der Waals surface area contributed by atoms with E-state index in [-0.39, 0.29) is 18.3 Å². The standard InChI is InChI=1S/C14H24N4O2.CH2O2/c1-17-7-5-13(19)12(10-17)14(20)15-6-3-4-11-8-16-18(2)9-11;2-1-3/h8-9,12-13,19H,3-7,10H2,1-2H3,(H,15,20);1H,(H,2,3)/t12-,13+;/m1./s1. The molecule has 1 aliphatic rings. The van der Waals surface area contributed by atoms with Crippen molar-refractivity contribution in [2.75, 3.05) is 26.7 Å². The Bertz CT molecular complexity index is 492. The van der Waals surface area contributed by atoms with Crippen LogP contribution in [0.5, 0.6) is 0 Å². The van der Waals surface area contributed by atoms with E-state index in [9.17, 15) is 9.90 Å². The highest BCUT2D eigenvalue weighted by molar-refractivity contribution is 5.79. The Hall–Kier alpha value is -1.93. The van der Waals surface area contributed by atoms with Crippen molar-refractivity contribution in [3.63, 3.8) is 0 Å². The summed E-state index contributed by atoms with van der Waals surface area (Å²) in [6.07, 6.45) is 5.79. The summed E-state index contributed by atoms with van der Waals surface area (Å²) < 4.78 is 1.78. The van der Waals surface area contributed by atoms with Crippen LogP contribution in [0.1, 0.15) is 18.4 Å². The first-order chi connectivity index (χ1) is 11.0. The van der Waals surface area contributed by atoms with Gasteiger partial charge in [0.2, 0.25) is 5.91 Å². The van der Waals surface area contributed by atoms with Gasteiger partial charge in [0.25, 0.3) is 6.47 Å². The number of aliphatic hydroxyl groups excluding tert-OH is 1. The molecular weight excluding hydrogens is 300 g/mol. The first-order valence-electron chi connectivity index (χ1n) is 7.67. The molecule has 8 nitrogen and oxygen atoms in total. The van der Waals surface area contributed by atoms with Gasteiger partial charge in [0.1, 0.15) is 0 Å². The van der Waals surface area contributed by atoms with Gasteiger partial charge in [0.15, 0.2) is 0 Å². The number of likely N-dealkylation sites (tertiary alicyclic amines) is 1. The van der Waals surface area contributed by atoms with Gasteiger partial charge in [-0.2, -0.15) is 5.10 Å². The van der Waals surface area contributed by atoms with Gasteiger partial charge in [-0.05, 0) is 31.9 Å². The van der Waals surface area contributed by atoms with Gasteiger partial charge >= 0.3 is 0 Å². The first kappa shape index (κ1) is 19.1. The van der Waals surface area contributed by atoms with Gasteiger partial charge in [-0.15, -0.1) is 0 Å². The maximum absolute atomic E-state index is 12.1. The van der Waals surface area contributed by atoms with Crippen LogP contribution in [0.25, 0.3) is 0 Å². The summed E-state index contributed by atoms with van der Waals surface area (Å²) in [7, 11) is 3.88. The van der Waals surface area contributed by atoms with E-state index in [1.807, 2.05) is 26.5 Å². The molecule has 0 aliphatic carbocycles. The molecule has 1 aliphatic heterocycles. The second-order valence-corrected chi connectivity index (χ2v) is 5.75. The van der Waals surface area contributed by atoms with Crippen LogP contribution in [0.2, 0.25) is 0 Å². The second kappa shape index (κ2) is 9.96. The van der Waals surface area contributed by atoms with Gasteiger partial charge in [-0.25, -0.2) is 0 Å². The highest BCUT2D eigenvalue weighted by atomic mass is 16.3. The number of nitrogens with one attached hydrogen (secondary N) is 1. The third kappa shape index (κ3) is 6.79. The molecule has 1 fully saturated rings. The molecule has 0 spiro atoms. The fourth-order valence-electron chi connectivity index (χ4n) is 2.60. The topological polar surface area (TPSA) is 108 Å². The molecule has 2 rings (SSSR count). The van der Waals surface area contributed by atoms with Crippen molar-refractivity contribution in [1.29, 1.82) is 0 Å². The quantitative estimate of drug-likeness (QED) is 0.496. The maximum atomic E-state index is 12.1. The molecule has 0 aromatic carbocycles. The first-order valence-corrected chi connectivity index (χ1v) is 7.67. The molecule has 8 heteroatoms. The van der Waals surface area contributed by atoms with Crippen molar-refractivity contribution < 1.29 is 19.8 Å². The minimum Gasteiger partial charge on any atom is -0.483 e. The summed E-state index contributed by atoms with van der Waals surface area (Å²) in [4.78, 5) is 22.5. The number of carbonyl (C=O) groups excluding carboxylic acids is 1. The Balaban J connectivity index is 0.000000816. The summed E-state index contributed by atoms with van der Waals surface area (Å²) in [5.41, 5.74) is 1.18. The van der Waals surface area contributed by atoms with Gasteiger partial charge in [0, 0.05) is 32.9 Å². The second-order valence-electron chi connectivity index (χ2n) is 5.75. The number of piperidine rings is 1. The Morgan fingerprint density at radius 3 is 2.83 bits per heavy atom. The Labute approximate surface area is 136 Å². The number of carboxylic acid groups (broad SMARTS) is 1. The van der Waals surface area contributed by atoms with Crippen LogP contribution in [0, 0.1) is 5.92 Å². The predicted molar refractivity (Wildman–Crippen MR) is 84.8 cm³/mol. The molecule has 0 unspecified atom stereocenters. The third-order valence-electron chi connectivity index (χ3n) is 3.82. The average Bonchev–Trinajstić information content (AvgIpc) is 2.92. The lowest BCUT2D eigenvalue weighted by Gasteiger charge is -2.32. The summed E-state index contributed by atoms with van der Waals surface area (Å²) >= 11 is 0. The monoisotopic (exact) mass is 326 g/mol. The van der Waals surface area contributed by atoms with Crippen molar-refractivity contribution in [3.8, 4) is 0 Å². The summed E-state index contributed by atoms with van der Waals surface area (Å²) in [6, 6.07) is 0. The third-order valence-corrected chi connectivity index (χ3v) is 3.82. The zero-order valence-electron chi connectivity index (χ0n) is 13.7. The number of hydrogen-bond donors (Lipinski definition) is 3. The molecule has 130 valence electrons. The van der Waals surface area contributed by atoms with E-state index in [0.29, 0.717) is 19.5 Å². The van der Waals surface area contributed by atoms with Crippen LogP contribution in [0.15, 0.2) is 12.4 Å². The van der Waals surface area contributed by atoms with Crippen LogP contribution in [-0.2, 0) is 23.1 Å². The number of nitrogens with zero attached hydrogens (tertiary/aromatic N) is 3. The van der Waals surface area contributed by atoms with E-state index >= 15 is 0 Å². The van der Waals surface area contributed by atoms with Crippen LogP contribution >= 0.6 is 0 Å². The molecule has 1 saturated heterocycles. The Kier molecular flexibility index (Phi) is 8.28. The molecule has 2 atom stereocenters. The van der Waals surface area contributed by atoms with Crippen molar-refractivity contribution in [2.24, 2.45) is 13.0 Å². The van der Waals surface area contributed by atoms with Gasteiger partial charge in [-0.1, -0.05) is 0 Å². The number of rotatable bonds is 5. The number of hydrogen-bond acceptors (Lipinski definition) is 5. The summed E-state index contributed by atoms with van der Waals surface area (Å²) in [5, 5.41) is 23.8. The lowest BCUT2D eigenvalue weighted by atomic mass is 9.94.